The fourth-order valence-electron chi connectivity index (χ4n) is 11.9. The molecular formula is C60H78N8O8S. The second kappa shape index (κ2) is 27.3. The Morgan fingerprint density at radius 1 is 0.662 bits per heavy atom. The topological polar surface area (TPSA) is 208 Å². The van der Waals surface area contributed by atoms with E-state index >= 15 is 0 Å². The highest BCUT2D eigenvalue weighted by molar-refractivity contribution is 7.10. The monoisotopic (exact) mass is 1070 g/mol. The molecule has 4 aliphatic rings. The van der Waals surface area contributed by atoms with Gasteiger partial charge in [0.2, 0.25) is 35.3 Å². The SMILES string of the molecule is CN[C@@H](C)C(=O)N[C@H](C(=O)N1CCC[C@H]1c1nc(C(=O)c2cccc(OCCN[C@@H](C)C(=O)N[C@H](C(=O)N3CCC[C@H]3C(=O)N[C@H](C(C)=O)C(c3ccccc3)c3ccccc3)C3CCCCC3)c2)cs1)C1CCCCC1. The number of ether oxygens (including phenoxy) is 1. The molecule has 3 aromatic carbocycles. The molecule has 0 unspecified atom stereocenters. The summed E-state index contributed by atoms with van der Waals surface area (Å²) in [4.78, 5) is 106. The second-order valence-corrected chi connectivity index (χ2v) is 22.4. The molecule has 4 fully saturated rings. The molecule has 16 nitrogen and oxygen atoms in total. The summed E-state index contributed by atoms with van der Waals surface area (Å²) in [6.45, 7) is 6.41. The van der Waals surface area contributed by atoms with E-state index in [9.17, 15) is 33.6 Å². The molecule has 2 aliphatic heterocycles. The molecule has 8 rings (SSSR count). The summed E-state index contributed by atoms with van der Waals surface area (Å²) in [7, 11) is 1.73. The molecule has 0 radical (unpaired) electrons. The molecule has 412 valence electrons. The Hall–Kier alpha value is -6.30. The lowest BCUT2D eigenvalue weighted by molar-refractivity contribution is -0.143. The molecule has 0 bridgehead atoms. The van der Waals surface area contributed by atoms with Crippen molar-refractivity contribution in [2.75, 3.05) is 33.3 Å². The van der Waals surface area contributed by atoms with Crippen molar-refractivity contribution in [2.45, 2.75) is 159 Å². The van der Waals surface area contributed by atoms with Gasteiger partial charge in [0.1, 0.15) is 41.2 Å². The van der Waals surface area contributed by atoms with Gasteiger partial charge in [-0.15, -0.1) is 11.3 Å². The summed E-state index contributed by atoms with van der Waals surface area (Å²) >= 11 is 1.37. The zero-order chi connectivity index (χ0) is 54.4. The van der Waals surface area contributed by atoms with Crippen LogP contribution in [-0.4, -0.2) is 125 Å². The van der Waals surface area contributed by atoms with Crippen LogP contribution >= 0.6 is 11.3 Å². The van der Waals surface area contributed by atoms with Gasteiger partial charge in [-0.1, -0.05) is 111 Å². The van der Waals surface area contributed by atoms with Crippen molar-refractivity contribution < 1.29 is 38.3 Å². The first-order valence-electron chi connectivity index (χ1n) is 28.1. The quantitative estimate of drug-likeness (QED) is 0.0377. The van der Waals surface area contributed by atoms with Gasteiger partial charge in [-0.05, 0) is 114 Å². The number of likely N-dealkylation sites (N-methyl/N-ethyl adjacent to an activating group) is 1. The molecule has 7 atom stereocenters. The van der Waals surface area contributed by atoms with Crippen LogP contribution in [0.3, 0.4) is 0 Å². The lowest BCUT2D eigenvalue weighted by Crippen LogP contribution is -2.59. The first kappa shape index (κ1) is 56.9. The molecular weight excluding hydrogens is 993 g/mol. The Kier molecular flexibility index (Phi) is 20.2. The van der Waals surface area contributed by atoms with Crippen molar-refractivity contribution in [2.24, 2.45) is 11.8 Å². The predicted octanol–water partition coefficient (Wildman–Crippen LogP) is 7.03. The molecule has 77 heavy (non-hydrogen) atoms. The number of aromatic nitrogens is 1. The molecule has 1 aromatic heterocycles. The number of nitrogens with zero attached hydrogens (tertiary/aromatic N) is 3. The normalized spacial score (nSPS) is 20.2. The van der Waals surface area contributed by atoms with E-state index in [2.05, 4.69) is 26.6 Å². The number of hydrogen-bond donors (Lipinski definition) is 5. The number of Topliss-reactive ketones (excluding diaryl/α,β-unsaturated/α-hetero) is 1. The number of likely N-dealkylation sites (tertiary alicyclic amines) is 2. The summed E-state index contributed by atoms with van der Waals surface area (Å²) in [6, 6.07) is 21.7. The Labute approximate surface area is 457 Å². The van der Waals surface area contributed by atoms with Crippen LogP contribution in [0.2, 0.25) is 0 Å². The lowest BCUT2D eigenvalue weighted by atomic mass is 9.82. The summed E-state index contributed by atoms with van der Waals surface area (Å²) < 4.78 is 6.07. The van der Waals surface area contributed by atoms with E-state index < -0.39 is 42.2 Å². The van der Waals surface area contributed by atoms with Gasteiger partial charge in [0.25, 0.3) is 0 Å². The minimum absolute atomic E-state index is 0.0712. The van der Waals surface area contributed by atoms with Crippen molar-refractivity contribution in [1.29, 1.82) is 0 Å². The summed E-state index contributed by atoms with van der Waals surface area (Å²) in [5, 5.41) is 17.9. The standard InChI is InChI=1S/C60H78N8O8S/c1-38(61-4)55(71)65-53(44-26-15-8-16-27-44)60(75)68-34-19-31-49(68)58-63-47(37-77-58)54(70)45-28-17-29-46(36-45)76-35-32-62-39(2)56(72)66-52(43-24-13-7-14-25-43)59(74)67-33-18-30-48(67)57(73)64-51(40(3)69)50(41-20-9-5-10-21-41)42-22-11-6-12-23-42/h5-6,9-12,17,20-23,28-29,36-39,43-44,48-53,61-62H,7-8,13-16,18-19,24-27,30-35H2,1-4H3,(H,64,73)(H,65,71)(H,66,72)/t38-,39-,48-,49-,51+,52-,53-/m0/s1. The second-order valence-electron chi connectivity index (χ2n) is 21.5. The van der Waals surface area contributed by atoms with Crippen LogP contribution in [0.15, 0.2) is 90.3 Å². The first-order chi connectivity index (χ1) is 37.3. The van der Waals surface area contributed by atoms with Gasteiger partial charge in [0.15, 0.2) is 5.78 Å². The van der Waals surface area contributed by atoms with Crippen LogP contribution in [0.4, 0.5) is 0 Å². The van der Waals surface area contributed by atoms with Gasteiger partial charge in [0, 0.05) is 36.5 Å². The molecule has 4 aromatic rings. The minimum Gasteiger partial charge on any atom is -0.492 e. The van der Waals surface area contributed by atoms with Crippen LogP contribution in [-0.2, 0) is 28.8 Å². The van der Waals surface area contributed by atoms with E-state index in [1.165, 1.54) is 18.3 Å². The highest BCUT2D eigenvalue weighted by atomic mass is 32.1. The first-order valence-corrected chi connectivity index (χ1v) is 29.0. The van der Waals surface area contributed by atoms with E-state index in [1.807, 2.05) is 65.6 Å². The number of rotatable bonds is 23. The third kappa shape index (κ3) is 14.3. The van der Waals surface area contributed by atoms with Crippen LogP contribution < -0.4 is 31.3 Å². The fraction of sp³-hybridized carbons (Fsp3) is 0.533. The number of carbonyl (C=O) groups excluding carboxylic acids is 7. The van der Waals surface area contributed by atoms with E-state index in [0.29, 0.717) is 48.8 Å². The van der Waals surface area contributed by atoms with Gasteiger partial charge < -0.3 is 41.1 Å². The maximum Gasteiger partial charge on any atom is 0.246 e. The Morgan fingerprint density at radius 2 is 1.23 bits per heavy atom. The number of benzene rings is 3. The van der Waals surface area contributed by atoms with Crippen molar-refractivity contribution in [3.8, 4) is 5.75 Å². The molecule has 5 N–H and O–H groups in total. The number of thiazole rings is 1. The third-order valence-electron chi connectivity index (χ3n) is 16.3. The van der Waals surface area contributed by atoms with Crippen molar-refractivity contribution in [3.05, 3.63) is 118 Å². The summed E-state index contributed by atoms with van der Waals surface area (Å²) in [5.74, 6) is -1.72. The molecule has 3 heterocycles. The van der Waals surface area contributed by atoms with E-state index in [0.717, 1.165) is 88.2 Å². The molecule has 2 aliphatic carbocycles. The van der Waals surface area contributed by atoms with E-state index in [4.69, 9.17) is 9.72 Å². The average Bonchev–Trinajstić information content (AvgIpc) is 4.28. The van der Waals surface area contributed by atoms with Crippen LogP contribution in [0.1, 0.15) is 155 Å². The maximum atomic E-state index is 14.7. The number of ketones is 2. The lowest BCUT2D eigenvalue weighted by Gasteiger charge is -2.36. The number of hydrogen-bond acceptors (Lipinski definition) is 12. The van der Waals surface area contributed by atoms with E-state index in [-0.39, 0.29) is 71.3 Å². The summed E-state index contributed by atoms with van der Waals surface area (Å²) in [5.41, 5.74) is 2.47. The average molecular weight is 1070 g/mol. The van der Waals surface area contributed by atoms with Crippen LogP contribution in [0, 0.1) is 11.8 Å². The number of nitrogens with one attached hydrogen (secondary N) is 5. The minimum atomic E-state index is -0.867. The highest BCUT2D eigenvalue weighted by Gasteiger charge is 2.44. The summed E-state index contributed by atoms with van der Waals surface area (Å²) in [6.07, 6.45) is 12.1. The van der Waals surface area contributed by atoms with Crippen molar-refractivity contribution in [3.63, 3.8) is 0 Å². The molecule has 5 amide bonds. The van der Waals surface area contributed by atoms with Gasteiger partial charge in [-0.25, -0.2) is 4.98 Å². The maximum absolute atomic E-state index is 14.7. The Morgan fingerprint density at radius 3 is 1.83 bits per heavy atom. The number of carbonyl (C=O) groups is 7. The van der Waals surface area contributed by atoms with Crippen molar-refractivity contribution in [1.82, 2.24) is 41.4 Å². The number of amides is 5. The Balaban J connectivity index is 0.854. The highest BCUT2D eigenvalue weighted by Crippen LogP contribution is 2.37. The molecule has 0 spiro atoms. The molecule has 2 saturated heterocycles. The smallest absolute Gasteiger partial charge is 0.246 e. The largest absolute Gasteiger partial charge is 0.492 e. The van der Waals surface area contributed by atoms with Gasteiger partial charge in [0.05, 0.1) is 24.2 Å². The zero-order valence-corrected chi connectivity index (χ0v) is 46.0. The van der Waals surface area contributed by atoms with Crippen molar-refractivity contribution >= 4 is 52.4 Å². The van der Waals surface area contributed by atoms with Crippen LogP contribution in [0.25, 0.3) is 0 Å². The van der Waals surface area contributed by atoms with Gasteiger partial charge in [-0.3, -0.25) is 33.6 Å². The molecule has 2 saturated carbocycles. The van der Waals surface area contributed by atoms with Gasteiger partial charge >= 0.3 is 0 Å². The van der Waals surface area contributed by atoms with E-state index in [1.54, 1.807) is 55.4 Å². The fourth-order valence-corrected chi connectivity index (χ4v) is 12.8. The zero-order valence-electron chi connectivity index (χ0n) is 45.2. The van der Waals surface area contributed by atoms with Crippen LogP contribution in [0.5, 0.6) is 5.75 Å². The third-order valence-corrected chi connectivity index (χ3v) is 17.3. The molecule has 17 heteroatoms. The van der Waals surface area contributed by atoms with Gasteiger partial charge in [-0.2, -0.15) is 0 Å². The predicted molar refractivity (Wildman–Crippen MR) is 296 cm³/mol. The Bertz CT molecular complexity index is 2620.